The molecule has 6 heteroatoms. The van der Waals surface area contributed by atoms with Gasteiger partial charge in [0, 0.05) is 13.5 Å². The van der Waals surface area contributed by atoms with E-state index in [1.807, 2.05) is 18.2 Å². The molecular weight excluding hydrogens is 248 g/mol. The highest BCUT2D eigenvalue weighted by Gasteiger charge is 2.20. The molecular formula is C12H16N4OS. The zero-order valence-electron chi connectivity index (χ0n) is 10.2. The molecule has 0 unspecified atom stereocenters. The molecule has 96 valence electrons. The summed E-state index contributed by atoms with van der Waals surface area (Å²) in [6, 6.07) is 10.2. The topological polar surface area (TPSA) is 47.6 Å². The van der Waals surface area contributed by atoms with Crippen molar-refractivity contribution >= 4 is 23.2 Å². The van der Waals surface area contributed by atoms with Crippen molar-refractivity contribution in [1.29, 1.82) is 0 Å². The minimum Gasteiger partial charge on any atom is -0.348 e. The van der Waals surface area contributed by atoms with Crippen LogP contribution in [-0.4, -0.2) is 34.3 Å². The van der Waals surface area contributed by atoms with E-state index < -0.39 is 0 Å². The van der Waals surface area contributed by atoms with Gasteiger partial charge in [0.2, 0.25) is 5.91 Å². The molecule has 0 saturated carbocycles. The Morgan fingerprint density at radius 1 is 1.44 bits per heavy atom. The van der Waals surface area contributed by atoms with Crippen molar-refractivity contribution in [2.24, 2.45) is 0 Å². The lowest BCUT2D eigenvalue weighted by atomic mass is 10.2. The number of nitrogens with zero attached hydrogens (tertiary/aromatic N) is 2. The number of carbonyl (C=O) groups excluding carboxylic acids is 1. The molecule has 0 atom stereocenters. The van der Waals surface area contributed by atoms with Crippen LogP contribution in [0.5, 0.6) is 0 Å². The zero-order chi connectivity index (χ0) is 13.0. The second-order valence-corrected chi connectivity index (χ2v) is 4.58. The maximum Gasteiger partial charge on any atom is 0.235 e. The molecule has 1 fully saturated rings. The number of nitrogens with one attached hydrogen (secondary N) is 2. The van der Waals surface area contributed by atoms with Crippen LogP contribution in [0.1, 0.15) is 12.5 Å². The summed E-state index contributed by atoms with van der Waals surface area (Å²) in [6.07, 6.45) is 0. The van der Waals surface area contributed by atoms with E-state index in [0.29, 0.717) is 18.4 Å². The molecule has 2 N–H and O–H groups in total. The van der Waals surface area contributed by atoms with Gasteiger partial charge >= 0.3 is 0 Å². The fourth-order valence-electron chi connectivity index (χ4n) is 1.81. The van der Waals surface area contributed by atoms with Crippen LogP contribution in [0.4, 0.5) is 0 Å². The van der Waals surface area contributed by atoms with Crippen LogP contribution in [-0.2, 0) is 11.3 Å². The minimum atomic E-state index is -0.124. The second kappa shape index (κ2) is 5.79. The number of hydrazine groups is 1. The first kappa shape index (κ1) is 12.8. The van der Waals surface area contributed by atoms with Crippen molar-refractivity contribution < 1.29 is 4.79 Å². The number of carbonyl (C=O) groups is 1. The van der Waals surface area contributed by atoms with E-state index >= 15 is 0 Å². The molecule has 1 saturated heterocycles. The fourth-order valence-corrected chi connectivity index (χ4v) is 1.98. The Balaban J connectivity index is 1.95. The SMILES string of the molecule is CC(=O)NN1CN(Cc2ccccc2)CNC1=S. The average Bonchev–Trinajstić information content (AvgIpc) is 2.34. The monoisotopic (exact) mass is 264 g/mol. The summed E-state index contributed by atoms with van der Waals surface area (Å²) in [6.45, 7) is 3.55. The summed E-state index contributed by atoms with van der Waals surface area (Å²) in [5, 5.41) is 5.27. The van der Waals surface area contributed by atoms with Crippen LogP contribution in [0.25, 0.3) is 0 Å². The molecule has 0 aliphatic carbocycles. The first-order valence-corrected chi connectivity index (χ1v) is 6.15. The lowest BCUT2D eigenvalue weighted by molar-refractivity contribution is -0.123. The lowest BCUT2D eigenvalue weighted by Crippen LogP contribution is -2.60. The van der Waals surface area contributed by atoms with Gasteiger partial charge in [0.25, 0.3) is 0 Å². The van der Waals surface area contributed by atoms with Crippen LogP contribution < -0.4 is 10.7 Å². The Labute approximate surface area is 112 Å². The molecule has 1 heterocycles. The Kier molecular flexibility index (Phi) is 4.11. The van der Waals surface area contributed by atoms with Crippen molar-refractivity contribution in [2.75, 3.05) is 13.3 Å². The van der Waals surface area contributed by atoms with Crippen LogP contribution in [0.15, 0.2) is 30.3 Å². The van der Waals surface area contributed by atoms with Gasteiger partial charge in [-0.15, -0.1) is 0 Å². The van der Waals surface area contributed by atoms with Crippen molar-refractivity contribution in [1.82, 2.24) is 20.7 Å². The molecule has 2 rings (SSSR count). The van der Waals surface area contributed by atoms with Crippen LogP contribution >= 0.6 is 12.2 Å². The van der Waals surface area contributed by atoms with Crippen LogP contribution in [0, 0.1) is 0 Å². The highest BCUT2D eigenvalue weighted by Crippen LogP contribution is 2.06. The van der Waals surface area contributed by atoms with E-state index in [-0.39, 0.29) is 5.91 Å². The highest BCUT2D eigenvalue weighted by molar-refractivity contribution is 7.80. The summed E-state index contributed by atoms with van der Waals surface area (Å²) >= 11 is 5.14. The molecule has 0 aromatic heterocycles. The first-order valence-electron chi connectivity index (χ1n) is 5.74. The Hall–Kier alpha value is -1.66. The predicted molar refractivity (Wildman–Crippen MR) is 73.1 cm³/mol. The summed E-state index contributed by atoms with van der Waals surface area (Å²) in [5.74, 6) is -0.124. The summed E-state index contributed by atoms with van der Waals surface area (Å²) in [5.41, 5.74) is 3.93. The smallest absolute Gasteiger partial charge is 0.235 e. The quantitative estimate of drug-likeness (QED) is 0.785. The van der Waals surface area contributed by atoms with Crippen molar-refractivity contribution in [3.8, 4) is 0 Å². The van der Waals surface area contributed by atoms with Gasteiger partial charge < -0.3 is 5.32 Å². The third-order valence-electron chi connectivity index (χ3n) is 2.58. The molecule has 1 aliphatic heterocycles. The van der Waals surface area contributed by atoms with Gasteiger partial charge in [0.05, 0.1) is 13.3 Å². The van der Waals surface area contributed by atoms with Crippen molar-refractivity contribution in [3.05, 3.63) is 35.9 Å². The van der Waals surface area contributed by atoms with Gasteiger partial charge in [-0.3, -0.25) is 15.1 Å². The Morgan fingerprint density at radius 3 is 2.83 bits per heavy atom. The molecule has 1 amide bonds. The normalized spacial score (nSPS) is 16.3. The minimum absolute atomic E-state index is 0.124. The number of amides is 1. The summed E-state index contributed by atoms with van der Waals surface area (Å²) in [4.78, 5) is 13.2. The number of hydrogen-bond acceptors (Lipinski definition) is 3. The molecule has 18 heavy (non-hydrogen) atoms. The average molecular weight is 264 g/mol. The second-order valence-electron chi connectivity index (χ2n) is 4.19. The van der Waals surface area contributed by atoms with Gasteiger partial charge in [-0.05, 0) is 17.8 Å². The number of hydrogen-bond donors (Lipinski definition) is 2. The molecule has 1 aliphatic rings. The van der Waals surface area contributed by atoms with E-state index in [1.54, 1.807) is 5.01 Å². The van der Waals surface area contributed by atoms with E-state index in [2.05, 4.69) is 27.8 Å². The van der Waals surface area contributed by atoms with Gasteiger partial charge in [0.15, 0.2) is 5.11 Å². The van der Waals surface area contributed by atoms with E-state index in [4.69, 9.17) is 12.2 Å². The van der Waals surface area contributed by atoms with Gasteiger partial charge in [0.1, 0.15) is 0 Å². The highest BCUT2D eigenvalue weighted by atomic mass is 32.1. The van der Waals surface area contributed by atoms with Crippen molar-refractivity contribution in [3.63, 3.8) is 0 Å². The molecule has 0 bridgehead atoms. The third kappa shape index (κ3) is 3.41. The Bertz CT molecular complexity index is 437. The fraction of sp³-hybridized carbons (Fsp3) is 0.333. The molecule has 0 radical (unpaired) electrons. The molecule has 0 spiro atoms. The van der Waals surface area contributed by atoms with E-state index in [1.165, 1.54) is 12.5 Å². The van der Waals surface area contributed by atoms with Crippen LogP contribution in [0.3, 0.4) is 0 Å². The summed E-state index contributed by atoms with van der Waals surface area (Å²) < 4.78 is 0. The summed E-state index contributed by atoms with van der Waals surface area (Å²) in [7, 11) is 0. The number of rotatable bonds is 3. The standard InChI is InChI=1S/C12H16N4OS/c1-10(17)14-16-9-15(8-13-12(16)18)7-11-5-3-2-4-6-11/h2-6H,7-9H2,1H3,(H,13,18)(H,14,17). The molecule has 1 aromatic rings. The van der Waals surface area contributed by atoms with E-state index in [9.17, 15) is 4.79 Å². The van der Waals surface area contributed by atoms with Gasteiger partial charge in [-0.25, -0.2) is 5.01 Å². The molecule has 5 nitrogen and oxygen atoms in total. The number of thiocarbonyl (C=S) groups is 1. The Morgan fingerprint density at radius 2 is 2.17 bits per heavy atom. The largest absolute Gasteiger partial charge is 0.348 e. The number of benzene rings is 1. The maximum atomic E-state index is 11.1. The van der Waals surface area contributed by atoms with Gasteiger partial charge in [-0.2, -0.15) is 0 Å². The zero-order valence-corrected chi connectivity index (χ0v) is 11.0. The maximum absolute atomic E-state index is 11.1. The lowest BCUT2D eigenvalue weighted by Gasteiger charge is -2.37. The van der Waals surface area contributed by atoms with Gasteiger partial charge in [-0.1, -0.05) is 30.3 Å². The van der Waals surface area contributed by atoms with Crippen molar-refractivity contribution in [2.45, 2.75) is 13.5 Å². The predicted octanol–water partition coefficient (Wildman–Crippen LogP) is 0.645. The first-order chi connectivity index (χ1) is 8.65. The van der Waals surface area contributed by atoms with Crippen LogP contribution in [0.2, 0.25) is 0 Å². The molecule has 1 aromatic carbocycles. The third-order valence-corrected chi connectivity index (χ3v) is 2.95. The van der Waals surface area contributed by atoms with E-state index in [0.717, 1.165) is 6.54 Å².